The molecule has 2 heterocycles. The zero-order valence-corrected chi connectivity index (χ0v) is 15.2. The first kappa shape index (κ1) is 16.4. The zero-order valence-electron chi connectivity index (χ0n) is 14.4. The minimum absolute atomic E-state index is 0.183. The molecule has 1 amide bonds. The molecule has 0 saturated heterocycles. The number of carbonyl (C=O) groups is 1. The number of rotatable bonds is 4. The second-order valence-electron chi connectivity index (χ2n) is 5.92. The number of methoxy groups -OCH3 is 1. The van der Waals surface area contributed by atoms with Crippen LogP contribution in [0, 0.1) is 6.92 Å². The van der Waals surface area contributed by atoms with E-state index in [1.807, 2.05) is 60.8 Å². The van der Waals surface area contributed by atoms with Gasteiger partial charge in [0.2, 0.25) is 0 Å². The number of ether oxygens (including phenoxy) is 1. The van der Waals surface area contributed by atoms with Gasteiger partial charge in [0.15, 0.2) is 0 Å². The molecule has 0 fully saturated rings. The van der Waals surface area contributed by atoms with Crippen molar-refractivity contribution in [3.05, 3.63) is 64.6 Å². The molecule has 0 unspecified atom stereocenters. The third kappa shape index (κ3) is 3.19. The van der Waals surface area contributed by atoms with Gasteiger partial charge in [0.25, 0.3) is 5.91 Å². The second kappa shape index (κ2) is 6.65. The van der Waals surface area contributed by atoms with Gasteiger partial charge in [0, 0.05) is 33.6 Å². The van der Waals surface area contributed by atoms with Crippen LogP contribution in [0.5, 0.6) is 5.75 Å². The first-order chi connectivity index (χ1) is 12.6. The molecule has 0 aliphatic carbocycles. The van der Waals surface area contributed by atoms with Gasteiger partial charge in [-0.3, -0.25) is 4.79 Å². The van der Waals surface area contributed by atoms with E-state index in [9.17, 15) is 4.79 Å². The summed E-state index contributed by atoms with van der Waals surface area (Å²) in [6.07, 6.45) is 0. The Bertz CT molecular complexity index is 1080. The molecule has 0 aliphatic heterocycles. The summed E-state index contributed by atoms with van der Waals surface area (Å²) in [6.45, 7) is 1.98. The van der Waals surface area contributed by atoms with Crippen molar-refractivity contribution in [2.24, 2.45) is 0 Å². The maximum Gasteiger partial charge on any atom is 0.272 e. The summed E-state index contributed by atoms with van der Waals surface area (Å²) < 4.78 is 5.21. The van der Waals surface area contributed by atoms with Gasteiger partial charge in [0.05, 0.1) is 17.8 Å². The average Bonchev–Trinajstić information content (AvgIpc) is 3.27. The molecule has 5 nitrogen and oxygen atoms in total. The van der Waals surface area contributed by atoms with E-state index in [1.165, 1.54) is 0 Å². The molecule has 0 aliphatic rings. The van der Waals surface area contributed by atoms with E-state index in [4.69, 9.17) is 4.74 Å². The van der Waals surface area contributed by atoms with Gasteiger partial charge in [-0.2, -0.15) is 0 Å². The Hall–Kier alpha value is -3.12. The Morgan fingerprint density at radius 1 is 1.15 bits per heavy atom. The topological polar surface area (TPSA) is 67.0 Å². The highest BCUT2D eigenvalue weighted by atomic mass is 32.1. The van der Waals surface area contributed by atoms with Crippen molar-refractivity contribution in [1.29, 1.82) is 0 Å². The third-order valence-corrected chi connectivity index (χ3v) is 4.91. The zero-order chi connectivity index (χ0) is 18.1. The number of thiazole rings is 1. The lowest BCUT2D eigenvalue weighted by molar-refractivity contribution is 0.102. The van der Waals surface area contributed by atoms with E-state index in [-0.39, 0.29) is 5.91 Å². The van der Waals surface area contributed by atoms with Crippen LogP contribution in [0.25, 0.3) is 22.2 Å². The number of nitrogens with zero attached hydrogens (tertiary/aromatic N) is 1. The van der Waals surface area contributed by atoms with Crippen molar-refractivity contribution in [3.8, 4) is 17.0 Å². The van der Waals surface area contributed by atoms with Gasteiger partial charge in [-0.25, -0.2) is 4.98 Å². The molecule has 0 atom stereocenters. The van der Waals surface area contributed by atoms with E-state index >= 15 is 0 Å². The fraction of sp³-hybridized carbons (Fsp3) is 0.100. The van der Waals surface area contributed by atoms with Crippen LogP contribution in [0.4, 0.5) is 5.69 Å². The predicted molar refractivity (Wildman–Crippen MR) is 105 cm³/mol. The van der Waals surface area contributed by atoms with Crippen LogP contribution in [0.15, 0.2) is 53.9 Å². The smallest absolute Gasteiger partial charge is 0.272 e. The van der Waals surface area contributed by atoms with Gasteiger partial charge in [0.1, 0.15) is 11.4 Å². The molecule has 26 heavy (non-hydrogen) atoms. The maximum absolute atomic E-state index is 12.5. The third-order valence-electron chi connectivity index (χ3n) is 4.13. The number of hydrogen-bond acceptors (Lipinski definition) is 4. The number of aryl methyl sites for hydroxylation is 1. The Morgan fingerprint density at radius 3 is 2.65 bits per heavy atom. The Morgan fingerprint density at radius 2 is 1.96 bits per heavy atom. The number of nitrogens with one attached hydrogen (secondary N) is 2. The standard InChI is InChI=1S/C20H17N3O2S/c1-12-21-19(11-26-12)13-3-6-15(7-4-13)22-20(24)18-9-14-5-8-16(25-2)10-17(14)23-18/h3-11,23H,1-2H3,(H,22,24). The largest absolute Gasteiger partial charge is 0.497 e. The lowest BCUT2D eigenvalue weighted by atomic mass is 10.1. The maximum atomic E-state index is 12.5. The van der Waals surface area contributed by atoms with Gasteiger partial charge in [-0.15, -0.1) is 11.3 Å². The minimum atomic E-state index is -0.183. The number of aromatic amines is 1. The number of carbonyl (C=O) groups excluding carboxylic acids is 1. The molecule has 4 rings (SSSR count). The van der Waals surface area contributed by atoms with Crippen LogP contribution in [0.3, 0.4) is 0 Å². The number of hydrogen-bond donors (Lipinski definition) is 2. The summed E-state index contributed by atoms with van der Waals surface area (Å²) in [5.74, 6) is 0.566. The summed E-state index contributed by atoms with van der Waals surface area (Å²) in [5, 5.41) is 6.94. The van der Waals surface area contributed by atoms with Gasteiger partial charge < -0.3 is 15.0 Å². The molecule has 0 spiro atoms. The molecule has 4 aromatic rings. The lowest BCUT2D eigenvalue weighted by Crippen LogP contribution is -2.12. The Kier molecular flexibility index (Phi) is 4.18. The van der Waals surface area contributed by atoms with Crippen LogP contribution < -0.4 is 10.1 Å². The molecule has 0 bridgehead atoms. The molecule has 2 aromatic carbocycles. The monoisotopic (exact) mass is 363 g/mol. The van der Waals surface area contributed by atoms with E-state index in [0.29, 0.717) is 5.69 Å². The van der Waals surface area contributed by atoms with E-state index < -0.39 is 0 Å². The number of benzene rings is 2. The molecule has 2 aromatic heterocycles. The molecule has 0 saturated carbocycles. The number of H-pyrrole nitrogens is 1. The SMILES string of the molecule is COc1ccc2cc(C(=O)Nc3ccc(-c4csc(C)n4)cc3)[nH]c2c1. The number of amides is 1. The summed E-state index contributed by atoms with van der Waals surface area (Å²) in [5.41, 5.74) is 4.10. The van der Waals surface area contributed by atoms with Crippen molar-refractivity contribution in [2.75, 3.05) is 12.4 Å². The van der Waals surface area contributed by atoms with Gasteiger partial charge >= 0.3 is 0 Å². The molecule has 2 N–H and O–H groups in total. The van der Waals surface area contributed by atoms with Crippen LogP contribution >= 0.6 is 11.3 Å². The summed E-state index contributed by atoms with van der Waals surface area (Å²) in [7, 11) is 1.62. The molecular weight excluding hydrogens is 346 g/mol. The van der Waals surface area contributed by atoms with Gasteiger partial charge in [-0.1, -0.05) is 12.1 Å². The molecule has 130 valence electrons. The first-order valence-electron chi connectivity index (χ1n) is 8.13. The number of aromatic nitrogens is 2. The van der Waals surface area contributed by atoms with E-state index in [0.717, 1.165) is 38.6 Å². The fourth-order valence-electron chi connectivity index (χ4n) is 2.77. The lowest BCUT2D eigenvalue weighted by Gasteiger charge is -2.04. The molecule has 0 radical (unpaired) electrons. The summed E-state index contributed by atoms with van der Waals surface area (Å²) in [4.78, 5) is 20.1. The van der Waals surface area contributed by atoms with Crippen LogP contribution in [-0.4, -0.2) is 23.0 Å². The molecule has 6 heteroatoms. The van der Waals surface area contributed by atoms with Gasteiger partial charge in [-0.05, 0) is 37.3 Å². The highest BCUT2D eigenvalue weighted by Crippen LogP contribution is 2.24. The van der Waals surface area contributed by atoms with E-state index in [1.54, 1.807) is 18.4 Å². The summed E-state index contributed by atoms with van der Waals surface area (Å²) >= 11 is 1.62. The van der Waals surface area contributed by atoms with Crippen LogP contribution in [0.2, 0.25) is 0 Å². The second-order valence-corrected chi connectivity index (χ2v) is 6.98. The van der Waals surface area contributed by atoms with Crippen molar-refractivity contribution in [1.82, 2.24) is 9.97 Å². The minimum Gasteiger partial charge on any atom is -0.497 e. The summed E-state index contributed by atoms with van der Waals surface area (Å²) in [6, 6.07) is 15.2. The molecular formula is C20H17N3O2S. The normalized spacial score (nSPS) is 10.8. The van der Waals surface area contributed by atoms with Crippen molar-refractivity contribution in [2.45, 2.75) is 6.92 Å². The predicted octanol–water partition coefficient (Wildman–Crippen LogP) is 4.86. The number of anilines is 1. The van der Waals surface area contributed by atoms with Crippen molar-refractivity contribution < 1.29 is 9.53 Å². The average molecular weight is 363 g/mol. The van der Waals surface area contributed by atoms with Crippen LogP contribution in [-0.2, 0) is 0 Å². The first-order valence-corrected chi connectivity index (χ1v) is 9.01. The highest BCUT2D eigenvalue weighted by molar-refractivity contribution is 7.09. The Labute approximate surface area is 154 Å². The van der Waals surface area contributed by atoms with Crippen molar-refractivity contribution in [3.63, 3.8) is 0 Å². The quantitative estimate of drug-likeness (QED) is 0.544. The van der Waals surface area contributed by atoms with E-state index in [2.05, 4.69) is 15.3 Å². The Balaban J connectivity index is 1.52. The highest BCUT2D eigenvalue weighted by Gasteiger charge is 2.11. The number of fused-ring (bicyclic) bond motifs is 1. The van der Waals surface area contributed by atoms with Crippen LogP contribution in [0.1, 0.15) is 15.5 Å². The fourth-order valence-corrected chi connectivity index (χ4v) is 3.40. The van der Waals surface area contributed by atoms with Crippen molar-refractivity contribution >= 4 is 33.8 Å².